The average Bonchev–Trinajstić information content (AvgIpc) is 2.94. The van der Waals surface area contributed by atoms with Crippen LogP contribution >= 0.6 is 31.9 Å². The first-order valence-corrected chi connectivity index (χ1v) is 8.00. The number of benzene rings is 1. The molecule has 20 heavy (non-hydrogen) atoms. The Morgan fingerprint density at radius 1 is 1.25 bits per heavy atom. The number of amides is 2. The molecule has 0 radical (unpaired) electrons. The number of Topliss-reactive ketones (excluding diaryl/α,β-unsaturated/α-hetero) is 1. The molecule has 1 aliphatic rings. The number of alkyl halides is 2. The van der Waals surface area contributed by atoms with E-state index < -0.39 is 15.3 Å². The predicted molar refractivity (Wildman–Crippen MR) is 82.2 cm³/mol. The number of urea groups is 1. The van der Waals surface area contributed by atoms with E-state index in [9.17, 15) is 14.0 Å². The first kappa shape index (κ1) is 15.4. The molecule has 4 nitrogen and oxygen atoms in total. The molecular formula is C13H13Br2FN2O2. The first-order chi connectivity index (χ1) is 9.49. The fourth-order valence-corrected chi connectivity index (χ4v) is 2.53. The van der Waals surface area contributed by atoms with Gasteiger partial charge in [0.2, 0.25) is 0 Å². The summed E-state index contributed by atoms with van der Waals surface area (Å²) in [5, 5.41) is 2.68. The molecule has 2 amide bonds. The molecule has 0 spiro atoms. The van der Waals surface area contributed by atoms with Gasteiger partial charge in [-0.25, -0.2) is 9.18 Å². The van der Waals surface area contributed by atoms with Gasteiger partial charge < -0.3 is 10.2 Å². The van der Waals surface area contributed by atoms with E-state index in [1.54, 1.807) is 4.90 Å². The zero-order valence-electron chi connectivity index (χ0n) is 10.5. The van der Waals surface area contributed by atoms with E-state index in [2.05, 4.69) is 37.2 Å². The van der Waals surface area contributed by atoms with Crippen molar-refractivity contribution in [1.29, 1.82) is 0 Å². The fourth-order valence-electron chi connectivity index (χ4n) is 2.03. The highest BCUT2D eigenvalue weighted by Gasteiger charge is 2.21. The van der Waals surface area contributed by atoms with Crippen LogP contribution in [0.15, 0.2) is 18.2 Å². The van der Waals surface area contributed by atoms with E-state index in [1.807, 2.05) is 0 Å². The number of halogens is 3. The Hall–Kier alpha value is -0.950. The predicted octanol–water partition coefficient (Wildman–Crippen LogP) is 3.75. The van der Waals surface area contributed by atoms with Crippen LogP contribution in [0, 0.1) is 5.82 Å². The molecule has 7 heteroatoms. The minimum atomic E-state index is -0.658. The van der Waals surface area contributed by atoms with Crippen molar-refractivity contribution in [3.63, 3.8) is 0 Å². The van der Waals surface area contributed by atoms with Crippen molar-refractivity contribution in [1.82, 2.24) is 4.90 Å². The Labute approximate surface area is 133 Å². The van der Waals surface area contributed by atoms with Crippen LogP contribution < -0.4 is 5.32 Å². The third-order valence-corrected chi connectivity index (χ3v) is 3.91. The average molecular weight is 408 g/mol. The van der Waals surface area contributed by atoms with Gasteiger partial charge in [0.1, 0.15) is 9.55 Å². The maximum absolute atomic E-state index is 13.6. The van der Waals surface area contributed by atoms with Gasteiger partial charge in [-0.15, -0.1) is 0 Å². The molecule has 1 aromatic rings. The van der Waals surface area contributed by atoms with Gasteiger partial charge in [-0.05, 0) is 31.0 Å². The van der Waals surface area contributed by atoms with Crippen LogP contribution in [0.3, 0.4) is 0 Å². The quantitative estimate of drug-likeness (QED) is 0.612. The van der Waals surface area contributed by atoms with Crippen molar-refractivity contribution in [3.8, 4) is 0 Å². The lowest BCUT2D eigenvalue weighted by Gasteiger charge is -2.16. The Balaban J connectivity index is 2.14. The van der Waals surface area contributed by atoms with E-state index in [4.69, 9.17) is 0 Å². The lowest BCUT2D eigenvalue weighted by Crippen LogP contribution is -2.32. The van der Waals surface area contributed by atoms with Crippen LogP contribution in [-0.4, -0.2) is 33.5 Å². The number of likely N-dealkylation sites (tertiary alicyclic amines) is 1. The number of hydrogen-bond acceptors (Lipinski definition) is 2. The molecule has 0 bridgehead atoms. The minimum Gasteiger partial charge on any atom is -0.325 e. The monoisotopic (exact) mass is 406 g/mol. The summed E-state index contributed by atoms with van der Waals surface area (Å²) in [6.45, 7) is 1.45. The molecule has 0 saturated carbocycles. The summed E-state index contributed by atoms with van der Waals surface area (Å²) >= 11 is 6.09. The molecule has 2 rings (SSSR count). The number of anilines is 1. The van der Waals surface area contributed by atoms with Crippen LogP contribution in [0.25, 0.3) is 0 Å². The van der Waals surface area contributed by atoms with E-state index in [1.165, 1.54) is 18.2 Å². The first-order valence-electron chi connectivity index (χ1n) is 6.17. The number of carbonyl (C=O) groups excluding carboxylic acids is 2. The second-order valence-corrected chi connectivity index (χ2v) is 7.54. The number of ketones is 1. The summed E-state index contributed by atoms with van der Waals surface area (Å²) in [6.07, 6.45) is 1.99. The summed E-state index contributed by atoms with van der Waals surface area (Å²) in [5.41, 5.74) is 0.343. The van der Waals surface area contributed by atoms with Crippen molar-refractivity contribution in [2.24, 2.45) is 0 Å². The van der Waals surface area contributed by atoms with Crippen LogP contribution in [0.5, 0.6) is 0 Å². The van der Waals surface area contributed by atoms with Gasteiger partial charge in [-0.3, -0.25) is 4.79 Å². The lowest BCUT2D eigenvalue weighted by atomic mass is 10.1. The molecule has 1 N–H and O–H groups in total. The number of carbonyl (C=O) groups is 2. The van der Waals surface area contributed by atoms with Gasteiger partial charge >= 0.3 is 6.03 Å². The maximum Gasteiger partial charge on any atom is 0.321 e. The van der Waals surface area contributed by atoms with Crippen molar-refractivity contribution in [2.75, 3.05) is 18.4 Å². The molecule has 1 aliphatic heterocycles. The van der Waals surface area contributed by atoms with Gasteiger partial charge in [0.15, 0.2) is 5.78 Å². The fraction of sp³-hybridized carbons (Fsp3) is 0.385. The summed E-state index contributed by atoms with van der Waals surface area (Å²) in [7, 11) is 0. The highest BCUT2D eigenvalue weighted by molar-refractivity contribution is 9.25. The third-order valence-electron chi connectivity index (χ3n) is 3.07. The number of nitrogens with zero attached hydrogens (tertiary/aromatic N) is 1. The molecule has 0 atom stereocenters. The minimum absolute atomic E-state index is 0.0667. The molecule has 1 aromatic carbocycles. The van der Waals surface area contributed by atoms with Crippen molar-refractivity contribution in [3.05, 3.63) is 29.6 Å². The Bertz CT molecular complexity index is 531. The highest BCUT2D eigenvalue weighted by atomic mass is 79.9. The molecule has 0 aliphatic carbocycles. The molecule has 1 fully saturated rings. The summed E-state index contributed by atoms with van der Waals surface area (Å²) in [4.78, 5) is 25.4. The molecule has 0 unspecified atom stereocenters. The Kier molecular flexibility index (Phi) is 5.15. The van der Waals surface area contributed by atoms with Crippen molar-refractivity contribution < 1.29 is 14.0 Å². The van der Waals surface area contributed by atoms with Gasteiger partial charge in [0, 0.05) is 18.8 Å². The summed E-state index contributed by atoms with van der Waals surface area (Å²) in [6, 6.07) is 3.75. The van der Waals surface area contributed by atoms with Crippen molar-refractivity contribution in [2.45, 2.75) is 16.6 Å². The second-order valence-electron chi connectivity index (χ2n) is 4.48. The van der Waals surface area contributed by atoms with E-state index >= 15 is 0 Å². The van der Waals surface area contributed by atoms with Crippen LogP contribution in [0.4, 0.5) is 14.9 Å². The largest absolute Gasteiger partial charge is 0.325 e. The lowest BCUT2D eigenvalue weighted by molar-refractivity contribution is 0.101. The Morgan fingerprint density at radius 3 is 2.50 bits per heavy atom. The van der Waals surface area contributed by atoms with Crippen LogP contribution in [0.1, 0.15) is 23.2 Å². The zero-order chi connectivity index (χ0) is 14.7. The normalized spacial score (nSPS) is 14.7. The second kappa shape index (κ2) is 6.67. The standard InChI is InChI=1S/C13H13Br2FN2O2/c14-12(15)11(19)9-7-8(3-4-10(9)16)17-13(20)18-5-1-2-6-18/h3-4,7,12H,1-2,5-6H2,(H,17,20). The van der Waals surface area contributed by atoms with E-state index in [0.29, 0.717) is 5.69 Å². The van der Waals surface area contributed by atoms with Crippen molar-refractivity contribution >= 4 is 49.4 Å². The van der Waals surface area contributed by atoms with Gasteiger partial charge in [0.25, 0.3) is 0 Å². The van der Waals surface area contributed by atoms with Gasteiger partial charge in [-0.1, -0.05) is 31.9 Å². The van der Waals surface area contributed by atoms with Gasteiger partial charge in [0.05, 0.1) is 5.56 Å². The number of nitrogens with one attached hydrogen (secondary N) is 1. The molecule has 1 saturated heterocycles. The zero-order valence-corrected chi connectivity index (χ0v) is 13.7. The maximum atomic E-state index is 13.6. The number of rotatable bonds is 3. The summed E-state index contributed by atoms with van der Waals surface area (Å²) in [5.74, 6) is -1.04. The molecule has 0 aromatic heterocycles. The third kappa shape index (κ3) is 3.58. The highest BCUT2D eigenvalue weighted by Crippen LogP contribution is 2.22. The summed E-state index contributed by atoms with van der Waals surface area (Å²) < 4.78 is 13.0. The Morgan fingerprint density at radius 2 is 1.90 bits per heavy atom. The SMILES string of the molecule is O=C(c1cc(NC(=O)N2CCCC2)ccc1F)C(Br)Br. The topological polar surface area (TPSA) is 49.4 Å². The smallest absolute Gasteiger partial charge is 0.321 e. The van der Waals surface area contributed by atoms with Gasteiger partial charge in [-0.2, -0.15) is 0 Å². The van der Waals surface area contributed by atoms with E-state index in [0.717, 1.165) is 25.9 Å². The van der Waals surface area contributed by atoms with Crippen LogP contribution in [0.2, 0.25) is 0 Å². The van der Waals surface area contributed by atoms with Crippen LogP contribution in [-0.2, 0) is 0 Å². The molecule has 108 valence electrons. The molecule has 1 heterocycles. The molecular weight excluding hydrogens is 395 g/mol. The van der Waals surface area contributed by atoms with E-state index in [-0.39, 0.29) is 11.6 Å². The number of hydrogen-bond donors (Lipinski definition) is 1.